The van der Waals surface area contributed by atoms with Gasteiger partial charge in [-0.05, 0) is 19.1 Å². The monoisotopic (exact) mass is 310 g/mol. The van der Waals surface area contributed by atoms with Gasteiger partial charge in [-0.25, -0.2) is 9.78 Å². The molecule has 2 rings (SSSR count). The zero-order valence-electron chi connectivity index (χ0n) is 10.6. The van der Waals surface area contributed by atoms with E-state index in [1.54, 1.807) is 31.2 Å². The largest absolute Gasteiger partial charge is 0.461 e. The molecule has 0 radical (unpaired) electrons. The SMILES string of the molecule is CCOC(=O)c1nc(C(=O)c2ccccc2Cl)sc1N. The molecule has 0 fully saturated rings. The van der Waals surface area contributed by atoms with Crippen LogP contribution in [-0.2, 0) is 4.74 Å². The molecule has 0 unspecified atom stereocenters. The van der Waals surface area contributed by atoms with Crippen LogP contribution in [0, 0.1) is 0 Å². The Morgan fingerprint density at radius 1 is 1.40 bits per heavy atom. The van der Waals surface area contributed by atoms with Gasteiger partial charge >= 0.3 is 5.97 Å². The van der Waals surface area contributed by atoms with Gasteiger partial charge in [-0.3, -0.25) is 4.79 Å². The van der Waals surface area contributed by atoms with Crippen LogP contribution in [0.15, 0.2) is 24.3 Å². The molecular formula is C13H11ClN2O3S. The molecule has 0 saturated carbocycles. The van der Waals surface area contributed by atoms with Crippen molar-refractivity contribution in [2.24, 2.45) is 0 Å². The number of rotatable bonds is 4. The van der Waals surface area contributed by atoms with E-state index >= 15 is 0 Å². The van der Waals surface area contributed by atoms with E-state index in [0.29, 0.717) is 10.6 Å². The Morgan fingerprint density at radius 2 is 2.10 bits per heavy atom. The van der Waals surface area contributed by atoms with Crippen molar-refractivity contribution in [3.63, 3.8) is 0 Å². The zero-order chi connectivity index (χ0) is 14.7. The fourth-order valence-electron chi connectivity index (χ4n) is 1.54. The number of benzene rings is 1. The molecule has 1 aromatic heterocycles. The van der Waals surface area contributed by atoms with E-state index in [1.165, 1.54) is 0 Å². The second-order valence-corrected chi connectivity index (χ2v) is 5.20. The first-order valence-corrected chi connectivity index (χ1v) is 6.96. The summed E-state index contributed by atoms with van der Waals surface area (Å²) in [4.78, 5) is 27.8. The van der Waals surface area contributed by atoms with Crippen LogP contribution >= 0.6 is 22.9 Å². The summed E-state index contributed by atoms with van der Waals surface area (Å²) in [5.41, 5.74) is 5.98. The molecule has 2 N–H and O–H groups in total. The highest BCUT2D eigenvalue weighted by Gasteiger charge is 2.22. The summed E-state index contributed by atoms with van der Waals surface area (Å²) in [6, 6.07) is 6.62. The number of halogens is 1. The Kier molecular flexibility index (Phi) is 4.36. The van der Waals surface area contributed by atoms with Crippen LogP contribution in [0.25, 0.3) is 0 Å². The molecular weight excluding hydrogens is 300 g/mol. The fraction of sp³-hybridized carbons (Fsp3) is 0.154. The minimum Gasteiger partial charge on any atom is -0.461 e. The van der Waals surface area contributed by atoms with Gasteiger partial charge in [-0.15, -0.1) is 0 Å². The molecule has 0 aliphatic heterocycles. The first kappa shape index (κ1) is 14.5. The number of carbonyl (C=O) groups excluding carboxylic acids is 2. The summed E-state index contributed by atoms with van der Waals surface area (Å²) in [6.45, 7) is 1.89. The van der Waals surface area contributed by atoms with Gasteiger partial charge in [0.25, 0.3) is 0 Å². The van der Waals surface area contributed by atoms with Gasteiger partial charge in [0.2, 0.25) is 5.78 Å². The van der Waals surface area contributed by atoms with Crippen molar-refractivity contribution in [3.8, 4) is 0 Å². The van der Waals surface area contributed by atoms with Crippen LogP contribution in [0.5, 0.6) is 0 Å². The van der Waals surface area contributed by atoms with Gasteiger partial charge in [0, 0.05) is 5.56 Å². The number of aromatic nitrogens is 1. The molecule has 0 saturated heterocycles. The lowest BCUT2D eigenvalue weighted by atomic mass is 10.1. The highest BCUT2D eigenvalue weighted by Crippen LogP contribution is 2.26. The number of ether oxygens (including phenoxy) is 1. The highest BCUT2D eigenvalue weighted by molar-refractivity contribution is 7.17. The molecule has 0 spiro atoms. The number of nitrogens with two attached hydrogens (primary N) is 1. The zero-order valence-corrected chi connectivity index (χ0v) is 12.1. The van der Waals surface area contributed by atoms with Crippen LogP contribution < -0.4 is 5.73 Å². The minimum atomic E-state index is -0.639. The lowest BCUT2D eigenvalue weighted by Gasteiger charge is -1.99. The van der Waals surface area contributed by atoms with E-state index in [4.69, 9.17) is 22.1 Å². The Morgan fingerprint density at radius 3 is 2.75 bits per heavy atom. The molecule has 1 heterocycles. The maximum absolute atomic E-state index is 12.3. The first-order chi connectivity index (χ1) is 9.54. The number of hydrogen-bond acceptors (Lipinski definition) is 6. The van der Waals surface area contributed by atoms with E-state index in [9.17, 15) is 9.59 Å². The van der Waals surface area contributed by atoms with Crippen molar-refractivity contribution in [2.75, 3.05) is 12.3 Å². The lowest BCUT2D eigenvalue weighted by molar-refractivity contribution is 0.0521. The van der Waals surface area contributed by atoms with Crippen LogP contribution in [-0.4, -0.2) is 23.3 Å². The molecule has 104 valence electrons. The lowest BCUT2D eigenvalue weighted by Crippen LogP contribution is -2.08. The van der Waals surface area contributed by atoms with Crippen LogP contribution in [0.4, 0.5) is 5.00 Å². The average Bonchev–Trinajstić information content (AvgIpc) is 2.81. The number of carbonyl (C=O) groups is 2. The Balaban J connectivity index is 2.35. The van der Waals surface area contributed by atoms with Crippen molar-refractivity contribution in [1.82, 2.24) is 4.98 Å². The number of anilines is 1. The number of nitrogens with zero attached hydrogens (tertiary/aromatic N) is 1. The van der Waals surface area contributed by atoms with Crippen LogP contribution in [0.2, 0.25) is 5.02 Å². The van der Waals surface area contributed by atoms with E-state index in [0.717, 1.165) is 11.3 Å². The Hall–Kier alpha value is -1.92. The van der Waals surface area contributed by atoms with Crippen molar-refractivity contribution in [3.05, 3.63) is 45.6 Å². The van der Waals surface area contributed by atoms with Crippen LogP contribution in [0.1, 0.15) is 32.8 Å². The van der Waals surface area contributed by atoms with Gasteiger partial charge in [0.05, 0.1) is 11.6 Å². The van der Waals surface area contributed by atoms with Gasteiger partial charge in [-0.2, -0.15) is 0 Å². The Bertz CT molecular complexity index is 669. The molecule has 0 aliphatic carbocycles. The third-order valence-electron chi connectivity index (χ3n) is 2.43. The van der Waals surface area contributed by atoms with Crippen LogP contribution in [0.3, 0.4) is 0 Å². The summed E-state index contributed by atoms with van der Waals surface area (Å²) >= 11 is 6.90. The fourth-order valence-corrected chi connectivity index (χ4v) is 2.53. The second kappa shape index (κ2) is 6.02. The van der Waals surface area contributed by atoms with E-state index in [-0.39, 0.29) is 28.1 Å². The number of thiazole rings is 1. The molecule has 0 aliphatic rings. The summed E-state index contributed by atoms with van der Waals surface area (Å²) in [5.74, 6) is -1.01. The third kappa shape index (κ3) is 2.81. The predicted octanol–water partition coefficient (Wildman–Crippen LogP) is 2.79. The molecule has 2 aromatic rings. The summed E-state index contributed by atoms with van der Waals surface area (Å²) in [5, 5.41) is 0.585. The number of nitrogen functional groups attached to an aromatic ring is 1. The summed E-state index contributed by atoms with van der Waals surface area (Å²) < 4.78 is 4.82. The van der Waals surface area contributed by atoms with Crippen molar-refractivity contribution < 1.29 is 14.3 Å². The van der Waals surface area contributed by atoms with Gasteiger partial charge in [-0.1, -0.05) is 35.1 Å². The maximum atomic E-state index is 12.3. The van der Waals surface area contributed by atoms with E-state index < -0.39 is 5.97 Å². The van der Waals surface area contributed by atoms with Crippen molar-refractivity contribution >= 4 is 39.7 Å². The van der Waals surface area contributed by atoms with E-state index in [2.05, 4.69) is 4.98 Å². The van der Waals surface area contributed by atoms with Gasteiger partial charge in [0.15, 0.2) is 10.7 Å². The molecule has 5 nitrogen and oxygen atoms in total. The minimum absolute atomic E-state index is 0.0350. The third-order valence-corrected chi connectivity index (χ3v) is 3.65. The quantitative estimate of drug-likeness (QED) is 0.693. The van der Waals surface area contributed by atoms with Crippen molar-refractivity contribution in [1.29, 1.82) is 0 Å². The molecule has 0 amide bonds. The smallest absolute Gasteiger partial charge is 0.360 e. The van der Waals surface area contributed by atoms with Gasteiger partial charge < -0.3 is 10.5 Å². The molecule has 0 bridgehead atoms. The molecule has 0 atom stereocenters. The predicted molar refractivity (Wildman–Crippen MR) is 77.4 cm³/mol. The highest BCUT2D eigenvalue weighted by atomic mass is 35.5. The van der Waals surface area contributed by atoms with Gasteiger partial charge in [0.1, 0.15) is 5.00 Å². The maximum Gasteiger partial charge on any atom is 0.360 e. The standard InChI is InChI=1S/C13H11ClN2O3S/c1-2-19-13(18)9-11(15)20-12(16-9)10(17)7-5-3-4-6-8(7)14/h3-6H,2,15H2,1H3. The topological polar surface area (TPSA) is 82.3 Å². The summed E-state index contributed by atoms with van der Waals surface area (Å²) in [7, 11) is 0. The number of esters is 1. The first-order valence-electron chi connectivity index (χ1n) is 5.77. The number of ketones is 1. The van der Waals surface area contributed by atoms with Crippen molar-refractivity contribution in [2.45, 2.75) is 6.92 Å². The summed E-state index contributed by atoms with van der Waals surface area (Å²) in [6.07, 6.45) is 0. The average molecular weight is 311 g/mol. The normalized spacial score (nSPS) is 10.3. The second-order valence-electron chi connectivity index (χ2n) is 3.76. The van der Waals surface area contributed by atoms with E-state index in [1.807, 2.05) is 0 Å². The number of hydrogen-bond donors (Lipinski definition) is 1. The molecule has 1 aromatic carbocycles. The molecule has 7 heteroatoms. The Labute approximate surface area is 124 Å². The molecule has 20 heavy (non-hydrogen) atoms.